The van der Waals surface area contributed by atoms with Crippen LogP contribution in [0.4, 0.5) is 0 Å². The molecule has 2 nitrogen and oxygen atoms in total. The lowest BCUT2D eigenvalue weighted by Gasteiger charge is -2.58. The van der Waals surface area contributed by atoms with Gasteiger partial charge in [0.2, 0.25) is 0 Å². The van der Waals surface area contributed by atoms with Crippen molar-refractivity contribution < 1.29 is 9.53 Å². The monoisotopic (exact) mass is 282 g/mol. The van der Waals surface area contributed by atoms with E-state index in [1.54, 1.807) is 0 Å². The largest absolute Gasteiger partial charge is 0.413 e. The molecule has 0 spiro atoms. The molecule has 0 heterocycles. The van der Waals surface area contributed by atoms with Crippen molar-refractivity contribution in [3.05, 3.63) is 11.6 Å². The van der Waals surface area contributed by atoms with E-state index in [1.165, 1.54) is 5.57 Å². The molecule has 0 amide bonds. The molecule has 2 bridgehead atoms. The highest BCUT2D eigenvalue weighted by Crippen LogP contribution is 2.59. The highest BCUT2D eigenvalue weighted by atomic mass is 28.4. The summed E-state index contributed by atoms with van der Waals surface area (Å²) in [6, 6.07) is 0. The maximum atomic E-state index is 10.2. The Morgan fingerprint density at radius 3 is 2.37 bits per heavy atom. The molecule has 1 fully saturated rings. The number of rotatable bonds is 3. The van der Waals surface area contributed by atoms with Gasteiger partial charge in [-0.15, -0.1) is 0 Å². The molecule has 3 atom stereocenters. The van der Waals surface area contributed by atoms with E-state index in [0.29, 0.717) is 18.4 Å². The van der Waals surface area contributed by atoms with Gasteiger partial charge in [0.1, 0.15) is 0 Å². The summed E-state index contributed by atoms with van der Waals surface area (Å²) in [5.74, 6) is 1.07. The van der Waals surface area contributed by atoms with Crippen molar-refractivity contribution in [1.29, 1.82) is 0 Å². The second kappa shape index (κ2) is 4.44. The van der Waals surface area contributed by atoms with Gasteiger partial charge in [0, 0.05) is 0 Å². The lowest BCUT2D eigenvalue weighted by atomic mass is 9.48. The van der Waals surface area contributed by atoms with Crippen molar-refractivity contribution in [2.24, 2.45) is 17.3 Å². The first-order valence-corrected chi connectivity index (χ1v) is 10.4. The molecule has 3 rings (SSSR count). The maximum Gasteiger partial charge on any atom is 0.192 e. The third-order valence-corrected chi connectivity index (χ3v) is 10.5. The maximum absolute atomic E-state index is 10.2. The van der Waals surface area contributed by atoms with Crippen LogP contribution in [0.2, 0.25) is 18.1 Å². The zero-order valence-electron chi connectivity index (χ0n) is 13.6. The topological polar surface area (TPSA) is 29.5 Å². The highest BCUT2D eigenvalue weighted by molar-refractivity contribution is 6.74. The molecule has 1 saturated carbocycles. The van der Waals surface area contributed by atoms with Crippen LogP contribution in [0.15, 0.2) is 11.6 Å². The van der Waals surface area contributed by atoms with Gasteiger partial charge >= 0.3 is 0 Å². The van der Waals surface area contributed by atoms with Crippen LogP contribution in [0.1, 0.15) is 41.0 Å². The molecule has 0 aromatic rings. The molecule has 3 aliphatic rings. The molecule has 0 aromatic carbocycles. The number of aliphatic hydroxyl groups is 1. The minimum Gasteiger partial charge on any atom is -0.413 e. The summed E-state index contributed by atoms with van der Waals surface area (Å²) in [5, 5.41) is 10.4. The molecule has 0 unspecified atom stereocenters. The van der Waals surface area contributed by atoms with Crippen LogP contribution in [-0.4, -0.2) is 26.1 Å². The normalized spacial score (nSPS) is 33.7. The Kier molecular flexibility index (Phi) is 3.57. The van der Waals surface area contributed by atoms with E-state index < -0.39 is 8.32 Å². The van der Waals surface area contributed by atoms with Crippen molar-refractivity contribution in [1.82, 2.24) is 0 Å². The van der Waals surface area contributed by atoms with Gasteiger partial charge in [-0.2, -0.15) is 0 Å². The molecular formula is C16H30O2Si. The average Bonchev–Trinajstić information content (AvgIpc) is 2.23. The summed E-state index contributed by atoms with van der Waals surface area (Å²) < 4.78 is 6.33. The summed E-state index contributed by atoms with van der Waals surface area (Å²) in [6.45, 7) is 16.7. The predicted octanol–water partition coefficient (Wildman–Crippen LogP) is 3.97. The zero-order chi connectivity index (χ0) is 14.6. The Balaban J connectivity index is 2.05. The summed E-state index contributed by atoms with van der Waals surface area (Å²) in [6.07, 6.45) is 2.94. The predicted molar refractivity (Wildman–Crippen MR) is 82.6 cm³/mol. The summed E-state index contributed by atoms with van der Waals surface area (Å²) in [5.41, 5.74) is 1.59. The molecule has 19 heavy (non-hydrogen) atoms. The van der Waals surface area contributed by atoms with E-state index in [9.17, 15) is 5.11 Å². The number of fused-ring (bicyclic) bond motifs is 1. The van der Waals surface area contributed by atoms with Crippen molar-refractivity contribution in [3.63, 3.8) is 0 Å². The molecule has 0 aliphatic heterocycles. The standard InChI is InChI=1S/C16H30O2Si/c1-15(2,3)19(6,7)18-10-11-8-14(17)13-9-12(11)16(13,4)5/h8,12-14,17H,9-10H2,1-7H3/t12-,13+,14-/m1/s1. The van der Waals surface area contributed by atoms with Gasteiger partial charge in [-0.25, -0.2) is 0 Å². The van der Waals surface area contributed by atoms with E-state index in [4.69, 9.17) is 4.43 Å². The Bertz CT molecular complexity index is 390. The fraction of sp³-hybridized carbons (Fsp3) is 0.875. The Morgan fingerprint density at radius 2 is 1.95 bits per heavy atom. The van der Waals surface area contributed by atoms with Crippen LogP contribution in [0.25, 0.3) is 0 Å². The van der Waals surface area contributed by atoms with Crippen molar-refractivity contribution in [2.45, 2.75) is 65.3 Å². The number of aliphatic hydroxyl groups excluding tert-OH is 1. The average molecular weight is 282 g/mol. The fourth-order valence-corrected chi connectivity index (χ4v) is 4.21. The minimum atomic E-state index is -1.69. The minimum absolute atomic E-state index is 0.249. The number of hydrogen-bond donors (Lipinski definition) is 1. The molecule has 0 radical (unpaired) electrons. The third kappa shape index (κ3) is 2.45. The van der Waals surface area contributed by atoms with Crippen LogP contribution >= 0.6 is 0 Å². The van der Waals surface area contributed by atoms with Gasteiger partial charge in [0.25, 0.3) is 0 Å². The molecule has 0 saturated heterocycles. The van der Waals surface area contributed by atoms with Crippen molar-refractivity contribution in [2.75, 3.05) is 6.61 Å². The summed E-state index contributed by atoms with van der Waals surface area (Å²) in [4.78, 5) is 0. The van der Waals surface area contributed by atoms with Gasteiger partial charge in [-0.05, 0) is 47.4 Å². The Labute approximate surface area is 119 Å². The summed E-state index contributed by atoms with van der Waals surface area (Å²) >= 11 is 0. The van der Waals surface area contributed by atoms with E-state index in [0.717, 1.165) is 6.42 Å². The zero-order valence-corrected chi connectivity index (χ0v) is 14.6. The van der Waals surface area contributed by atoms with E-state index in [2.05, 4.69) is 53.8 Å². The van der Waals surface area contributed by atoms with Crippen LogP contribution in [0.3, 0.4) is 0 Å². The lowest BCUT2D eigenvalue weighted by molar-refractivity contribution is -0.0798. The molecule has 3 aliphatic carbocycles. The van der Waals surface area contributed by atoms with E-state index in [1.807, 2.05) is 0 Å². The van der Waals surface area contributed by atoms with Crippen molar-refractivity contribution >= 4 is 8.32 Å². The van der Waals surface area contributed by atoms with Crippen LogP contribution in [0, 0.1) is 17.3 Å². The van der Waals surface area contributed by atoms with Crippen LogP contribution in [0.5, 0.6) is 0 Å². The van der Waals surface area contributed by atoms with Gasteiger partial charge in [-0.3, -0.25) is 0 Å². The quantitative estimate of drug-likeness (QED) is 0.627. The third-order valence-electron chi connectivity index (χ3n) is 5.99. The summed E-state index contributed by atoms with van der Waals surface area (Å²) in [7, 11) is -1.69. The van der Waals surface area contributed by atoms with Crippen LogP contribution < -0.4 is 0 Å². The van der Waals surface area contributed by atoms with Gasteiger partial charge in [0.05, 0.1) is 12.7 Å². The van der Waals surface area contributed by atoms with Crippen LogP contribution in [-0.2, 0) is 4.43 Å². The van der Waals surface area contributed by atoms with Gasteiger partial charge in [0.15, 0.2) is 8.32 Å². The molecule has 110 valence electrons. The SMILES string of the molecule is CC1(C)[C@@H]2C[C@H]1[C@H](O)C=C2CO[Si](C)(C)C(C)(C)C. The Hall–Kier alpha value is -0.123. The first kappa shape index (κ1) is 15.3. The molecule has 3 heteroatoms. The van der Waals surface area contributed by atoms with Gasteiger partial charge in [-0.1, -0.05) is 40.7 Å². The Morgan fingerprint density at radius 1 is 1.37 bits per heavy atom. The highest BCUT2D eigenvalue weighted by Gasteiger charge is 2.55. The second-order valence-electron chi connectivity index (χ2n) is 8.50. The number of hydrogen-bond acceptors (Lipinski definition) is 2. The van der Waals surface area contributed by atoms with E-state index in [-0.39, 0.29) is 16.6 Å². The molecule has 1 N–H and O–H groups in total. The fourth-order valence-electron chi connectivity index (χ4n) is 3.25. The van der Waals surface area contributed by atoms with E-state index >= 15 is 0 Å². The lowest BCUT2D eigenvalue weighted by Crippen LogP contribution is -2.55. The second-order valence-corrected chi connectivity index (χ2v) is 13.3. The molecular weight excluding hydrogens is 252 g/mol. The first-order valence-electron chi connectivity index (χ1n) is 7.49. The van der Waals surface area contributed by atoms with Crippen molar-refractivity contribution in [3.8, 4) is 0 Å². The first-order chi connectivity index (χ1) is 8.47. The molecule has 0 aromatic heterocycles. The smallest absolute Gasteiger partial charge is 0.192 e. The van der Waals surface area contributed by atoms with Gasteiger partial charge < -0.3 is 9.53 Å².